The summed E-state index contributed by atoms with van der Waals surface area (Å²) >= 11 is 0. The standard InChI is InChI=1S/C19H30O/c1-14-9-8-10-15(11-14)12-16(13-18(2,3)4)17(20)19(5,6)7/h8-11,16H,12-13H2,1-7H3/t16-/m1/s1/i8D,10D,11D. The minimum absolute atomic E-state index is 0.0103. The molecule has 0 aliphatic rings. The molecule has 0 bridgehead atoms. The molecule has 0 unspecified atom stereocenters. The van der Waals surface area contributed by atoms with Gasteiger partial charge in [0.1, 0.15) is 5.78 Å². The van der Waals surface area contributed by atoms with Crippen LogP contribution >= 0.6 is 0 Å². The molecule has 0 aromatic heterocycles. The molecule has 0 fully saturated rings. The number of benzene rings is 1. The monoisotopic (exact) mass is 277 g/mol. The van der Waals surface area contributed by atoms with Gasteiger partial charge in [-0.15, -0.1) is 0 Å². The van der Waals surface area contributed by atoms with Crippen LogP contribution in [0.15, 0.2) is 24.2 Å². The summed E-state index contributed by atoms with van der Waals surface area (Å²) in [7, 11) is 0. The average Bonchev–Trinajstić information content (AvgIpc) is 2.36. The Kier molecular flexibility index (Phi) is 3.86. The summed E-state index contributed by atoms with van der Waals surface area (Å²) in [4.78, 5) is 12.9. The summed E-state index contributed by atoms with van der Waals surface area (Å²) < 4.78 is 24.3. The van der Waals surface area contributed by atoms with Crippen molar-refractivity contribution in [2.45, 2.75) is 61.3 Å². The third-order valence-electron chi connectivity index (χ3n) is 3.28. The predicted octanol–water partition coefficient (Wildman–Crippen LogP) is 5.21. The summed E-state index contributed by atoms with van der Waals surface area (Å²) in [5.41, 5.74) is 0.762. The zero-order valence-corrected chi connectivity index (χ0v) is 14.0. The zero-order valence-electron chi connectivity index (χ0n) is 17.0. The van der Waals surface area contributed by atoms with Crippen molar-refractivity contribution in [2.75, 3.05) is 0 Å². The summed E-state index contributed by atoms with van der Waals surface area (Å²) in [6, 6.07) is 2.07. The summed E-state index contributed by atoms with van der Waals surface area (Å²) in [6.07, 6.45) is 1.09. The Labute approximate surface area is 129 Å². The Hall–Kier alpha value is -1.11. The maximum Gasteiger partial charge on any atom is 0.141 e. The van der Waals surface area contributed by atoms with Crippen molar-refractivity contribution in [3.63, 3.8) is 0 Å². The second-order valence-electron chi connectivity index (χ2n) is 7.98. The number of hydrogen-bond acceptors (Lipinski definition) is 1. The maximum absolute atomic E-state index is 12.9. The van der Waals surface area contributed by atoms with E-state index in [1.807, 2.05) is 20.8 Å². The van der Waals surface area contributed by atoms with Crippen LogP contribution in [-0.2, 0) is 11.2 Å². The Morgan fingerprint density at radius 3 is 2.35 bits per heavy atom. The predicted molar refractivity (Wildman–Crippen MR) is 86.9 cm³/mol. The van der Waals surface area contributed by atoms with Crippen LogP contribution in [0.3, 0.4) is 0 Å². The number of hydrogen-bond donors (Lipinski definition) is 0. The van der Waals surface area contributed by atoms with Crippen LogP contribution in [0.4, 0.5) is 0 Å². The first kappa shape index (κ1) is 12.6. The van der Waals surface area contributed by atoms with Crippen LogP contribution in [0.5, 0.6) is 0 Å². The van der Waals surface area contributed by atoms with Crippen molar-refractivity contribution < 1.29 is 8.91 Å². The molecule has 0 spiro atoms. The van der Waals surface area contributed by atoms with Crippen molar-refractivity contribution in [1.82, 2.24) is 0 Å². The van der Waals surface area contributed by atoms with E-state index < -0.39 is 5.41 Å². The molecule has 0 aliphatic carbocycles. The largest absolute Gasteiger partial charge is 0.299 e. The van der Waals surface area contributed by atoms with Crippen molar-refractivity contribution in [3.8, 4) is 0 Å². The van der Waals surface area contributed by atoms with Crippen LogP contribution in [-0.4, -0.2) is 5.78 Å². The van der Waals surface area contributed by atoms with E-state index in [4.69, 9.17) is 4.11 Å². The molecule has 112 valence electrons. The number of Topliss-reactive ketones (excluding diaryl/α,β-unsaturated/α-hetero) is 1. The SMILES string of the molecule is [2H]c1cc(C)c([2H])c(C[C@H](CC(C)(C)C)C(=O)C(C)(C)C)c1[2H]. The maximum atomic E-state index is 12.9. The van der Waals surface area contributed by atoms with Crippen molar-refractivity contribution >= 4 is 5.78 Å². The molecule has 1 heteroatoms. The van der Waals surface area contributed by atoms with E-state index in [0.29, 0.717) is 30.0 Å². The van der Waals surface area contributed by atoms with E-state index >= 15 is 0 Å². The van der Waals surface area contributed by atoms with Gasteiger partial charge < -0.3 is 0 Å². The number of carbonyl (C=O) groups excluding carboxylic acids is 1. The van der Waals surface area contributed by atoms with Crippen molar-refractivity contribution in [1.29, 1.82) is 0 Å². The quantitative estimate of drug-likeness (QED) is 0.738. The fraction of sp³-hybridized carbons (Fsp3) is 0.632. The lowest BCUT2D eigenvalue weighted by molar-refractivity contribution is -0.131. The Morgan fingerprint density at radius 1 is 1.25 bits per heavy atom. The molecule has 0 N–H and O–H groups in total. The fourth-order valence-electron chi connectivity index (χ4n) is 2.49. The van der Waals surface area contributed by atoms with Gasteiger partial charge >= 0.3 is 0 Å². The third kappa shape index (κ3) is 5.48. The molecule has 1 aromatic rings. The van der Waals surface area contributed by atoms with Gasteiger partial charge in [-0.1, -0.05) is 71.3 Å². The van der Waals surface area contributed by atoms with E-state index in [-0.39, 0.29) is 29.2 Å². The van der Waals surface area contributed by atoms with Gasteiger partial charge in [-0.3, -0.25) is 4.79 Å². The second-order valence-corrected chi connectivity index (χ2v) is 7.98. The minimum atomic E-state index is -0.450. The first-order valence-corrected chi connectivity index (χ1v) is 7.34. The molecule has 1 rings (SSSR count). The Bertz CT molecular complexity index is 566. The van der Waals surface area contributed by atoms with Gasteiger partial charge in [0.2, 0.25) is 0 Å². The van der Waals surface area contributed by atoms with Gasteiger partial charge in [-0.05, 0) is 30.7 Å². The molecule has 1 atom stereocenters. The van der Waals surface area contributed by atoms with E-state index in [2.05, 4.69) is 20.8 Å². The molecule has 0 amide bonds. The highest BCUT2D eigenvalue weighted by Gasteiger charge is 2.32. The van der Waals surface area contributed by atoms with E-state index in [1.165, 1.54) is 0 Å². The smallest absolute Gasteiger partial charge is 0.141 e. The summed E-state index contributed by atoms with van der Waals surface area (Å²) in [5.74, 6) is -0.0661. The summed E-state index contributed by atoms with van der Waals surface area (Å²) in [6.45, 7) is 13.8. The Morgan fingerprint density at radius 2 is 1.85 bits per heavy atom. The first-order valence-electron chi connectivity index (χ1n) is 8.84. The fourth-order valence-corrected chi connectivity index (χ4v) is 2.49. The van der Waals surface area contributed by atoms with Gasteiger partial charge in [0.25, 0.3) is 0 Å². The average molecular weight is 277 g/mol. The van der Waals surface area contributed by atoms with Gasteiger partial charge in [0, 0.05) is 11.3 Å². The number of aryl methyl sites for hydroxylation is 1. The lowest BCUT2D eigenvalue weighted by atomic mass is 9.73. The highest BCUT2D eigenvalue weighted by atomic mass is 16.1. The topological polar surface area (TPSA) is 17.1 Å². The normalized spacial score (nSPS) is 16.2. The Balaban J connectivity index is 3.29. The molecular weight excluding hydrogens is 244 g/mol. The van der Waals surface area contributed by atoms with Gasteiger partial charge in [-0.2, -0.15) is 0 Å². The summed E-state index contributed by atoms with van der Waals surface area (Å²) in [5, 5.41) is 0. The molecule has 20 heavy (non-hydrogen) atoms. The van der Waals surface area contributed by atoms with E-state index in [0.717, 1.165) is 0 Å². The highest BCUT2D eigenvalue weighted by Crippen LogP contribution is 2.32. The van der Waals surface area contributed by atoms with Gasteiger partial charge in [-0.25, -0.2) is 0 Å². The molecule has 0 aliphatic heterocycles. The van der Waals surface area contributed by atoms with E-state index in [1.54, 1.807) is 13.0 Å². The first-order chi connectivity index (χ1) is 10.2. The minimum Gasteiger partial charge on any atom is -0.299 e. The van der Waals surface area contributed by atoms with Crippen molar-refractivity contribution in [2.24, 2.45) is 16.7 Å². The lowest BCUT2D eigenvalue weighted by Crippen LogP contribution is -2.32. The molecule has 1 aromatic carbocycles. The second kappa shape index (κ2) is 6.11. The van der Waals surface area contributed by atoms with Gasteiger partial charge in [0.05, 0.1) is 4.11 Å². The molecule has 0 radical (unpaired) electrons. The molecule has 0 heterocycles. The molecule has 0 saturated heterocycles. The van der Waals surface area contributed by atoms with Crippen LogP contribution < -0.4 is 0 Å². The van der Waals surface area contributed by atoms with Crippen LogP contribution in [0.1, 0.15) is 63.2 Å². The molecule has 0 saturated carbocycles. The van der Waals surface area contributed by atoms with Crippen LogP contribution in [0.25, 0.3) is 0 Å². The number of rotatable bonds is 4. The molecular formula is C19H30O. The highest BCUT2D eigenvalue weighted by molar-refractivity contribution is 5.86. The third-order valence-corrected chi connectivity index (χ3v) is 3.28. The van der Waals surface area contributed by atoms with Gasteiger partial charge in [0.15, 0.2) is 0 Å². The molecule has 1 nitrogen and oxygen atoms in total. The zero-order chi connectivity index (χ0) is 18.2. The number of ketones is 1. The van der Waals surface area contributed by atoms with Crippen LogP contribution in [0, 0.1) is 23.7 Å². The number of carbonyl (C=O) groups is 1. The van der Waals surface area contributed by atoms with Crippen LogP contribution in [0.2, 0.25) is 0 Å². The lowest BCUT2D eigenvalue weighted by Gasteiger charge is -2.30. The van der Waals surface area contributed by atoms with E-state index in [9.17, 15) is 4.79 Å². The van der Waals surface area contributed by atoms with Crippen molar-refractivity contribution in [3.05, 3.63) is 35.3 Å².